The van der Waals surface area contributed by atoms with E-state index >= 15 is 0 Å². The molecule has 6 heteroatoms. The first kappa shape index (κ1) is 13.8. The molecule has 0 aliphatic heterocycles. The van der Waals surface area contributed by atoms with Crippen molar-refractivity contribution in [3.05, 3.63) is 0 Å². The molecule has 1 saturated carbocycles. The van der Waals surface area contributed by atoms with Gasteiger partial charge in [-0.1, -0.05) is 12.8 Å². The first-order chi connectivity index (χ1) is 8.04. The van der Waals surface area contributed by atoms with Gasteiger partial charge >= 0.3 is 12.0 Å². The van der Waals surface area contributed by atoms with Crippen molar-refractivity contribution in [1.82, 2.24) is 10.2 Å². The highest BCUT2D eigenvalue weighted by Crippen LogP contribution is 2.25. The topological polar surface area (TPSA) is 89.9 Å². The molecule has 0 saturated heterocycles. The van der Waals surface area contributed by atoms with Crippen LogP contribution in [0.2, 0.25) is 0 Å². The summed E-state index contributed by atoms with van der Waals surface area (Å²) in [5, 5.41) is 19.8. The van der Waals surface area contributed by atoms with Crippen LogP contribution in [-0.2, 0) is 4.79 Å². The Hall–Kier alpha value is -1.30. The molecule has 0 bridgehead atoms. The molecule has 0 radical (unpaired) electrons. The van der Waals surface area contributed by atoms with E-state index in [0.29, 0.717) is 12.5 Å². The number of nitrogens with one attached hydrogen (secondary N) is 1. The summed E-state index contributed by atoms with van der Waals surface area (Å²) in [5.74, 6) is -0.710. The summed E-state index contributed by atoms with van der Waals surface area (Å²) in [6.07, 6.45) is 4.66. The molecule has 0 spiro atoms. The van der Waals surface area contributed by atoms with E-state index in [1.165, 1.54) is 17.7 Å². The Morgan fingerprint density at radius 3 is 2.47 bits per heavy atom. The fraction of sp³-hybridized carbons (Fsp3) is 0.818. The number of hydrogen-bond acceptors (Lipinski definition) is 3. The summed E-state index contributed by atoms with van der Waals surface area (Å²) >= 11 is 0. The Bertz CT molecular complexity index is 277. The van der Waals surface area contributed by atoms with Gasteiger partial charge in [0.25, 0.3) is 0 Å². The predicted octanol–water partition coefficient (Wildman–Crippen LogP) is 0.263. The van der Waals surface area contributed by atoms with Crippen LogP contribution in [0.25, 0.3) is 0 Å². The Balaban J connectivity index is 2.37. The molecular weight excluding hydrogens is 224 g/mol. The van der Waals surface area contributed by atoms with E-state index in [1.54, 1.807) is 7.05 Å². The number of carboxylic acids is 1. The van der Waals surface area contributed by atoms with Crippen LogP contribution in [0.4, 0.5) is 4.79 Å². The fourth-order valence-electron chi connectivity index (χ4n) is 2.11. The molecule has 6 nitrogen and oxygen atoms in total. The lowest BCUT2D eigenvalue weighted by Crippen LogP contribution is -2.49. The molecule has 98 valence electrons. The maximum Gasteiger partial charge on any atom is 0.328 e. The zero-order valence-electron chi connectivity index (χ0n) is 10.1. The van der Waals surface area contributed by atoms with E-state index in [0.717, 1.165) is 12.8 Å². The van der Waals surface area contributed by atoms with Gasteiger partial charge in [-0.3, -0.25) is 0 Å². The number of nitrogens with zero attached hydrogens (tertiary/aromatic N) is 1. The van der Waals surface area contributed by atoms with Crippen LogP contribution >= 0.6 is 0 Å². The Labute approximate surface area is 101 Å². The third-order valence-corrected chi connectivity index (χ3v) is 3.13. The van der Waals surface area contributed by atoms with Crippen LogP contribution < -0.4 is 5.32 Å². The van der Waals surface area contributed by atoms with Gasteiger partial charge in [-0.05, 0) is 18.8 Å². The molecule has 3 N–H and O–H groups in total. The Morgan fingerprint density at radius 2 is 2.00 bits per heavy atom. The monoisotopic (exact) mass is 244 g/mol. The van der Waals surface area contributed by atoms with Gasteiger partial charge in [-0.15, -0.1) is 0 Å². The second-order valence-corrected chi connectivity index (χ2v) is 4.55. The second kappa shape index (κ2) is 6.44. The number of hydrogen-bond donors (Lipinski definition) is 3. The van der Waals surface area contributed by atoms with Crippen molar-refractivity contribution in [2.75, 3.05) is 20.2 Å². The van der Waals surface area contributed by atoms with Gasteiger partial charge in [-0.25, -0.2) is 9.59 Å². The van der Waals surface area contributed by atoms with E-state index in [9.17, 15) is 9.59 Å². The average Bonchev–Trinajstić information content (AvgIpc) is 2.77. The van der Waals surface area contributed by atoms with E-state index in [4.69, 9.17) is 10.2 Å². The van der Waals surface area contributed by atoms with E-state index < -0.39 is 24.6 Å². The SMILES string of the molecule is CN(CC1CCCC1)C(=O)NC(CO)C(=O)O. The summed E-state index contributed by atoms with van der Waals surface area (Å²) in [5.41, 5.74) is 0. The summed E-state index contributed by atoms with van der Waals surface area (Å²) < 4.78 is 0. The summed E-state index contributed by atoms with van der Waals surface area (Å²) in [4.78, 5) is 23.8. The number of rotatable bonds is 5. The zero-order chi connectivity index (χ0) is 12.8. The summed E-state index contributed by atoms with van der Waals surface area (Å²) in [6.45, 7) is 0.0436. The van der Waals surface area contributed by atoms with Crippen molar-refractivity contribution in [2.45, 2.75) is 31.7 Å². The third kappa shape index (κ3) is 4.22. The maximum absolute atomic E-state index is 11.6. The lowest BCUT2D eigenvalue weighted by Gasteiger charge is -2.23. The minimum absolute atomic E-state index is 0.446. The predicted molar refractivity (Wildman–Crippen MR) is 61.6 cm³/mol. The number of aliphatic hydroxyl groups excluding tert-OH is 1. The van der Waals surface area contributed by atoms with Crippen molar-refractivity contribution < 1.29 is 19.8 Å². The van der Waals surface area contributed by atoms with Crippen LogP contribution in [0, 0.1) is 5.92 Å². The fourth-order valence-corrected chi connectivity index (χ4v) is 2.11. The zero-order valence-corrected chi connectivity index (χ0v) is 10.1. The van der Waals surface area contributed by atoms with Gasteiger partial charge in [0.05, 0.1) is 6.61 Å². The lowest BCUT2D eigenvalue weighted by molar-refractivity contribution is -0.140. The van der Waals surface area contributed by atoms with Crippen LogP contribution in [0.1, 0.15) is 25.7 Å². The van der Waals surface area contributed by atoms with Crippen molar-refractivity contribution in [1.29, 1.82) is 0 Å². The third-order valence-electron chi connectivity index (χ3n) is 3.13. The summed E-state index contributed by atoms with van der Waals surface area (Å²) in [7, 11) is 1.64. The molecule has 1 atom stereocenters. The van der Waals surface area contributed by atoms with Crippen molar-refractivity contribution >= 4 is 12.0 Å². The van der Waals surface area contributed by atoms with Crippen LogP contribution in [0.3, 0.4) is 0 Å². The molecule has 0 heterocycles. The van der Waals surface area contributed by atoms with Gasteiger partial charge in [0.2, 0.25) is 0 Å². The van der Waals surface area contributed by atoms with Gasteiger partial charge in [0, 0.05) is 13.6 Å². The maximum atomic E-state index is 11.6. The van der Waals surface area contributed by atoms with E-state index in [-0.39, 0.29) is 0 Å². The number of aliphatic hydroxyl groups is 1. The van der Waals surface area contributed by atoms with Crippen molar-refractivity contribution in [3.63, 3.8) is 0 Å². The standard InChI is InChI=1S/C11H20N2O4/c1-13(6-8-4-2-3-5-8)11(17)12-9(7-14)10(15)16/h8-9,14H,2-7H2,1H3,(H,12,17)(H,15,16). The highest BCUT2D eigenvalue weighted by Gasteiger charge is 2.23. The van der Waals surface area contributed by atoms with E-state index in [1.807, 2.05) is 0 Å². The number of carboxylic acid groups (broad SMARTS) is 1. The number of carbonyl (C=O) groups is 2. The molecule has 1 aliphatic rings. The second-order valence-electron chi connectivity index (χ2n) is 4.55. The summed E-state index contributed by atoms with van der Waals surface area (Å²) in [6, 6.07) is -1.67. The van der Waals surface area contributed by atoms with Gasteiger partial charge in [0.15, 0.2) is 6.04 Å². The highest BCUT2D eigenvalue weighted by atomic mass is 16.4. The normalized spacial score (nSPS) is 17.8. The number of urea groups is 1. The van der Waals surface area contributed by atoms with Crippen molar-refractivity contribution in [2.24, 2.45) is 5.92 Å². The number of aliphatic carboxylic acids is 1. The van der Waals surface area contributed by atoms with Gasteiger partial charge < -0.3 is 20.4 Å². The quantitative estimate of drug-likeness (QED) is 0.647. The molecule has 1 rings (SSSR count). The lowest BCUT2D eigenvalue weighted by atomic mass is 10.1. The Morgan fingerprint density at radius 1 is 1.41 bits per heavy atom. The molecule has 1 fully saturated rings. The molecule has 0 aromatic carbocycles. The van der Waals surface area contributed by atoms with Gasteiger partial charge in [0.1, 0.15) is 0 Å². The van der Waals surface area contributed by atoms with E-state index in [2.05, 4.69) is 5.32 Å². The number of carbonyl (C=O) groups excluding carboxylic acids is 1. The first-order valence-corrected chi connectivity index (χ1v) is 5.90. The molecular formula is C11H20N2O4. The van der Waals surface area contributed by atoms with Crippen LogP contribution in [0.5, 0.6) is 0 Å². The average molecular weight is 244 g/mol. The molecule has 0 aromatic heterocycles. The molecule has 17 heavy (non-hydrogen) atoms. The smallest absolute Gasteiger partial charge is 0.328 e. The van der Waals surface area contributed by atoms with Crippen LogP contribution in [0.15, 0.2) is 0 Å². The van der Waals surface area contributed by atoms with Gasteiger partial charge in [-0.2, -0.15) is 0 Å². The Kier molecular flexibility index (Phi) is 5.21. The van der Waals surface area contributed by atoms with Crippen molar-refractivity contribution in [3.8, 4) is 0 Å². The minimum Gasteiger partial charge on any atom is -0.480 e. The minimum atomic E-state index is -1.23. The largest absolute Gasteiger partial charge is 0.480 e. The molecule has 2 amide bonds. The van der Waals surface area contributed by atoms with Crippen LogP contribution in [-0.4, -0.2) is 53.4 Å². The molecule has 0 aromatic rings. The molecule has 1 aliphatic carbocycles. The highest BCUT2D eigenvalue weighted by molar-refractivity contribution is 5.82. The molecule has 1 unspecified atom stereocenters. The number of amides is 2. The first-order valence-electron chi connectivity index (χ1n) is 5.90.